The van der Waals surface area contributed by atoms with Gasteiger partial charge in [0, 0.05) is 42.1 Å². The summed E-state index contributed by atoms with van der Waals surface area (Å²) < 4.78 is 0. The highest BCUT2D eigenvalue weighted by Crippen LogP contribution is 2.34. The van der Waals surface area contributed by atoms with Crippen LogP contribution in [0.1, 0.15) is 55.6 Å². The first-order valence-electron chi connectivity index (χ1n) is 13.3. The predicted molar refractivity (Wildman–Crippen MR) is 148 cm³/mol. The molecule has 7 heteroatoms. The van der Waals surface area contributed by atoms with Crippen LogP contribution < -0.4 is 5.32 Å². The number of aromatic hydroxyl groups is 1. The molecular weight excluding hydrogens is 462 g/mol. The van der Waals surface area contributed by atoms with Crippen LogP contribution in [0.5, 0.6) is 5.75 Å². The summed E-state index contributed by atoms with van der Waals surface area (Å²) >= 11 is 0. The number of hydrogen-bond acceptors (Lipinski definition) is 5. The number of phenolic OH excluding ortho intramolecular Hbond substituents is 1. The van der Waals surface area contributed by atoms with Gasteiger partial charge in [-0.1, -0.05) is 25.5 Å². The van der Waals surface area contributed by atoms with E-state index in [1.165, 1.54) is 19.3 Å². The number of nitrogens with zero attached hydrogens (tertiary/aromatic N) is 3. The Morgan fingerprint density at radius 3 is 2.89 bits per heavy atom. The number of pyridine rings is 1. The zero-order valence-corrected chi connectivity index (χ0v) is 21.6. The molecule has 1 saturated heterocycles. The summed E-state index contributed by atoms with van der Waals surface area (Å²) in [7, 11) is 0. The maximum Gasteiger partial charge on any atom is 0.251 e. The number of benzene rings is 2. The van der Waals surface area contributed by atoms with Crippen molar-refractivity contribution in [3.8, 4) is 28.3 Å². The van der Waals surface area contributed by atoms with Crippen LogP contribution in [0.4, 0.5) is 0 Å². The van der Waals surface area contributed by atoms with Gasteiger partial charge in [-0.15, -0.1) is 0 Å². The molecule has 0 aliphatic carbocycles. The van der Waals surface area contributed by atoms with Crippen molar-refractivity contribution in [2.75, 3.05) is 19.6 Å². The summed E-state index contributed by atoms with van der Waals surface area (Å²) in [4.78, 5) is 27.8. The van der Waals surface area contributed by atoms with Crippen LogP contribution in [0, 0.1) is 0 Å². The molecule has 2 aromatic carbocycles. The van der Waals surface area contributed by atoms with Gasteiger partial charge in [0.05, 0.1) is 16.6 Å². The molecule has 0 saturated carbocycles. The Kier molecular flexibility index (Phi) is 7.51. The number of likely N-dealkylation sites (tertiary alicyclic amines) is 1. The second kappa shape index (κ2) is 11.1. The van der Waals surface area contributed by atoms with Crippen molar-refractivity contribution in [3.63, 3.8) is 0 Å². The molecule has 37 heavy (non-hydrogen) atoms. The van der Waals surface area contributed by atoms with Crippen LogP contribution in [0.15, 0.2) is 54.7 Å². The molecule has 1 amide bonds. The fourth-order valence-corrected chi connectivity index (χ4v) is 5.23. The minimum atomic E-state index is -0.0849. The van der Waals surface area contributed by atoms with Crippen molar-refractivity contribution in [1.82, 2.24) is 25.2 Å². The predicted octanol–water partition coefficient (Wildman–Crippen LogP) is 5.55. The largest absolute Gasteiger partial charge is 0.507 e. The number of rotatable bonds is 8. The van der Waals surface area contributed by atoms with Gasteiger partial charge in [0.1, 0.15) is 11.6 Å². The van der Waals surface area contributed by atoms with Gasteiger partial charge in [-0.25, -0.2) is 4.98 Å². The molecule has 192 valence electrons. The lowest BCUT2D eigenvalue weighted by atomic mass is 10.00. The SMILES string of the molecule is CCc1ncccc1-c1ccc(O)c(-c2nc3ccc(C(=O)NCCCN4CCCCC4C)cc3[nH]2)c1. The minimum absolute atomic E-state index is 0.0849. The van der Waals surface area contributed by atoms with E-state index in [2.05, 4.69) is 39.0 Å². The first-order valence-corrected chi connectivity index (χ1v) is 13.3. The zero-order valence-electron chi connectivity index (χ0n) is 21.6. The van der Waals surface area contributed by atoms with Crippen LogP contribution in [0.3, 0.4) is 0 Å². The average molecular weight is 498 g/mol. The fourth-order valence-electron chi connectivity index (χ4n) is 5.23. The summed E-state index contributed by atoms with van der Waals surface area (Å²) in [6, 6.07) is 15.6. The lowest BCUT2D eigenvalue weighted by Gasteiger charge is -2.33. The smallest absolute Gasteiger partial charge is 0.251 e. The number of aromatic amines is 1. The number of piperidine rings is 1. The van der Waals surface area contributed by atoms with Crippen LogP contribution in [-0.4, -0.2) is 56.5 Å². The standard InChI is InChI=1S/C30H35N5O2/c1-3-25-23(9-6-14-31-25)21-11-13-28(36)24(18-21)29-33-26-12-10-22(19-27(26)34-29)30(37)32-15-7-17-35-16-5-4-8-20(35)2/h6,9-14,18-20,36H,3-5,7-8,15-17H2,1-2H3,(H,32,37)(H,33,34). The normalized spacial score (nSPS) is 16.2. The number of fused-ring (bicyclic) bond motifs is 1. The van der Waals surface area contributed by atoms with E-state index in [0.717, 1.165) is 53.8 Å². The molecule has 3 N–H and O–H groups in total. The Hall–Kier alpha value is -3.71. The van der Waals surface area contributed by atoms with E-state index in [9.17, 15) is 9.90 Å². The maximum atomic E-state index is 12.8. The second-order valence-electron chi connectivity index (χ2n) is 9.89. The van der Waals surface area contributed by atoms with Gasteiger partial charge in [-0.3, -0.25) is 9.78 Å². The summed E-state index contributed by atoms with van der Waals surface area (Å²) in [5, 5.41) is 13.7. The van der Waals surface area contributed by atoms with E-state index in [1.54, 1.807) is 18.3 Å². The van der Waals surface area contributed by atoms with Gasteiger partial charge in [0.25, 0.3) is 5.91 Å². The van der Waals surface area contributed by atoms with E-state index in [1.807, 2.05) is 36.4 Å². The summed E-state index contributed by atoms with van der Waals surface area (Å²) in [6.45, 7) is 7.21. The Morgan fingerprint density at radius 1 is 1.16 bits per heavy atom. The monoisotopic (exact) mass is 497 g/mol. The first kappa shape index (κ1) is 25.0. The van der Waals surface area contributed by atoms with E-state index in [4.69, 9.17) is 0 Å². The number of carbonyl (C=O) groups is 1. The highest BCUT2D eigenvalue weighted by Gasteiger charge is 2.18. The molecule has 0 radical (unpaired) electrons. The van der Waals surface area contributed by atoms with Gasteiger partial charge in [0.15, 0.2) is 0 Å². The van der Waals surface area contributed by atoms with Gasteiger partial charge in [-0.05, 0) is 81.1 Å². The number of nitrogens with one attached hydrogen (secondary N) is 2. The van der Waals surface area contributed by atoms with Gasteiger partial charge >= 0.3 is 0 Å². The highest BCUT2D eigenvalue weighted by molar-refractivity contribution is 5.97. The zero-order chi connectivity index (χ0) is 25.8. The van der Waals surface area contributed by atoms with E-state index in [0.29, 0.717) is 29.5 Å². The third-order valence-corrected chi connectivity index (χ3v) is 7.38. The highest BCUT2D eigenvalue weighted by atomic mass is 16.3. The Labute approximate surface area is 218 Å². The van der Waals surface area contributed by atoms with Crippen molar-refractivity contribution in [2.24, 2.45) is 0 Å². The number of carbonyl (C=O) groups excluding carboxylic acids is 1. The third kappa shape index (κ3) is 5.52. The number of imidazole rings is 1. The molecule has 7 nitrogen and oxygen atoms in total. The molecule has 5 rings (SSSR count). The fraction of sp³-hybridized carbons (Fsp3) is 0.367. The summed E-state index contributed by atoms with van der Waals surface area (Å²) in [5.41, 5.74) is 5.71. The lowest BCUT2D eigenvalue weighted by Crippen LogP contribution is -2.39. The van der Waals surface area contributed by atoms with Crippen molar-refractivity contribution in [1.29, 1.82) is 0 Å². The second-order valence-corrected chi connectivity index (χ2v) is 9.89. The number of H-pyrrole nitrogens is 1. The van der Waals surface area contributed by atoms with E-state index < -0.39 is 0 Å². The number of hydrogen-bond donors (Lipinski definition) is 3. The summed E-state index contributed by atoms with van der Waals surface area (Å²) in [6.07, 6.45) is 7.42. The molecule has 1 aliphatic rings. The molecule has 0 spiro atoms. The first-order chi connectivity index (χ1) is 18.0. The maximum absolute atomic E-state index is 12.8. The quantitative estimate of drug-likeness (QED) is 0.277. The molecule has 1 unspecified atom stereocenters. The van der Waals surface area contributed by atoms with Crippen molar-refractivity contribution < 1.29 is 9.90 Å². The molecule has 3 heterocycles. The Bertz CT molecular complexity index is 1400. The number of amides is 1. The number of aryl methyl sites for hydroxylation is 1. The molecule has 1 atom stereocenters. The molecule has 1 aliphatic heterocycles. The number of aromatic nitrogens is 3. The van der Waals surface area contributed by atoms with Crippen LogP contribution >= 0.6 is 0 Å². The van der Waals surface area contributed by atoms with Crippen molar-refractivity contribution in [3.05, 3.63) is 66.0 Å². The van der Waals surface area contributed by atoms with Crippen LogP contribution in [0.25, 0.3) is 33.5 Å². The van der Waals surface area contributed by atoms with Crippen LogP contribution in [-0.2, 0) is 6.42 Å². The Balaban J connectivity index is 1.30. The molecule has 1 fully saturated rings. The molecular formula is C30H35N5O2. The van der Waals surface area contributed by atoms with E-state index >= 15 is 0 Å². The van der Waals surface area contributed by atoms with Gasteiger partial charge in [-0.2, -0.15) is 0 Å². The average Bonchev–Trinajstić information content (AvgIpc) is 3.35. The van der Waals surface area contributed by atoms with Crippen molar-refractivity contribution in [2.45, 2.75) is 52.0 Å². The molecule has 4 aromatic rings. The third-order valence-electron chi connectivity index (χ3n) is 7.38. The van der Waals surface area contributed by atoms with Gasteiger partial charge < -0.3 is 20.3 Å². The van der Waals surface area contributed by atoms with E-state index in [-0.39, 0.29) is 11.7 Å². The Morgan fingerprint density at radius 2 is 2.05 bits per heavy atom. The molecule has 2 aromatic heterocycles. The summed E-state index contributed by atoms with van der Waals surface area (Å²) in [5.74, 6) is 0.619. The number of phenols is 1. The molecule has 0 bridgehead atoms. The van der Waals surface area contributed by atoms with Crippen molar-refractivity contribution >= 4 is 16.9 Å². The van der Waals surface area contributed by atoms with Crippen LogP contribution in [0.2, 0.25) is 0 Å². The lowest BCUT2D eigenvalue weighted by molar-refractivity contribution is 0.0949. The topological polar surface area (TPSA) is 94.1 Å². The van der Waals surface area contributed by atoms with Gasteiger partial charge in [0.2, 0.25) is 0 Å². The minimum Gasteiger partial charge on any atom is -0.507 e.